The predicted molar refractivity (Wildman–Crippen MR) is 52.7 cm³/mol. The molecule has 14 heavy (non-hydrogen) atoms. The molecule has 0 heterocycles. The number of benzene rings is 1. The Morgan fingerprint density at radius 1 is 1.57 bits per heavy atom. The minimum absolute atomic E-state index is 0.0129. The molecule has 0 aliphatic carbocycles. The normalized spacial score (nSPS) is 9.50. The van der Waals surface area contributed by atoms with Crippen LogP contribution in [0.2, 0.25) is 0 Å². The van der Waals surface area contributed by atoms with E-state index in [2.05, 4.69) is 21.2 Å². The van der Waals surface area contributed by atoms with E-state index in [1.807, 2.05) is 0 Å². The fourth-order valence-electron chi connectivity index (χ4n) is 0.844. The van der Waals surface area contributed by atoms with Crippen molar-refractivity contribution in [2.45, 2.75) is 0 Å². The number of nitrogens with zero attached hydrogens (tertiary/aromatic N) is 1. The summed E-state index contributed by atoms with van der Waals surface area (Å²) in [5.41, 5.74) is -0.222. The minimum atomic E-state index is -0.622. The van der Waals surface area contributed by atoms with E-state index in [1.165, 1.54) is 0 Å². The van der Waals surface area contributed by atoms with Crippen molar-refractivity contribution < 1.29 is 14.8 Å². The maximum Gasteiger partial charge on any atom is 0.291 e. The summed E-state index contributed by atoms with van der Waals surface area (Å²) in [6.45, 7) is 0. The summed E-state index contributed by atoms with van der Waals surface area (Å²) in [4.78, 5) is 19.7. The SMILES string of the molecule is O=C(Br)Nc1cc([N+](=O)[O-])ccc1O. The summed E-state index contributed by atoms with van der Waals surface area (Å²) in [5, 5.41) is 21.7. The number of non-ortho nitro benzene ring substituents is 1. The molecule has 0 saturated carbocycles. The van der Waals surface area contributed by atoms with Crippen LogP contribution >= 0.6 is 15.9 Å². The van der Waals surface area contributed by atoms with Crippen LogP contribution < -0.4 is 5.32 Å². The van der Waals surface area contributed by atoms with Crippen molar-refractivity contribution in [3.05, 3.63) is 28.3 Å². The molecule has 0 saturated heterocycles. The van der Waals surface area contributed by atoms with Gasteiger partial charge in [0.25, 0.3) is 10.5 Å². The van der Waals surface area contributed by atoms with Crippen LogP contribution in [0.1, 0.15) is 0 Å². The minimum Gasteiger partial charge on any atom is -0.506 e. The van der Waals surface area contributed by atoms with Crippen molar-refractivity contribution in [2.24, 2.45) is 0 Å². The van der Waals surface area contributed by atoms with Crippen molar-refractivity contribution >= 4 is 32.1 Å². The van der Waals surface area contributed by atoms with Crippen LogP contribution in [0, 0.1) is 10.1 Å². The number of rotatable bonds is 2. The third-order valence-electron chi connectivity index (χ3n) is 1.42. The van der Waals surface area contributed by atoms with Gasteiger partial charge >= 0.3 is 0 Å². The summed E-state index contributed by atoms with van der Waals surface area (Å²) in [6, 6.07) is 3.34. The zero-order valence-corrected chi connectivity index (χ0v) is 8.32. The van der Waals surface area contributed by atoms with Crippen molar-refractivity contribution in [3.8, 4) is 5.75 Å². The number of aromatic hydroxyl groups is 1. The highest BCUT2D eigenvalue weighted by atomic mass is 79.9. The lowest BCUT2D eigenvalue weighted by Crippen LogP contribution is -2.01. The Kier molecular flexibility index (Phi) is 3.03. The molecule has 0 unspecified atom stereocenters. The molecule has 0 aliphatic heterocycles. The molecule has 0 atom stereocenters. The number of amides is 1. The molecule has 1 aromatic rings. The Labute approximate surface area is 86.8 Å². The molecular weight excluding hydrogens is 256 g/mol. The smallest absolute Gasteiger partial charge is 0.291 e. The molecule has 0 bridgehead atoms. The number of carbonyl (C=O) groups is 1. The molecule has 1 rings (SSSR count). The Hall–Kier alpha value is -1.63. The lowest BCUT2D eigenvalue weighted by molar-refractivity contribution is -0.384. The van der Waals surface area contributed by atoms with Crippen LogP contribution in [-0.2, 0) is 0 Å². The van der Waals surface area contributed by atoms with E-state index >= 15 is 0 Å². The Bertz CT molecular complexity index is 393. The van der Waals surface area contributed by atoms with Gasteiger partial charge < -0.3 is 10.4 Å². The number of phenolic OH excluding ortho intramolecular Hbond substituents is 1. The van der Waals surface area contributed by atoms with E-state index in [0.717, 1.165) is 18.2 Å². The molecule has 0 spiro atoms. The molecule has 7 heteroatoms. The van der Waals surface area contributed by atoms with Crippen molar-refractivity contribution in [2.75, 3.05) is 5.32 Å². The van der Waals surface area contributed by atoms with Gasteiger partial charge in [0, 0.05) is 28.1 Å². The standard InChI is InChI=1S/C7H5BrN2O4/c8-7(12)9-5-3-4(10(13)14)1-2-6(5)11/h1-3,11H,(H,9,12). The monoisotopic (exact) mass is 260 g/mol. The molecule has 1 amide bonds. The lowest BCUT2D eigenvalue weighted by Gasteiger charge is -2.02. The first kappa shape index (κ1) is 10.5. The second kappa shape index (κ2) is 4.05. The Morgan fingerprint density at radius 2 is 2.21 bits per heavy atom. The first-order valence-electron chi connectivity index (χ1n) is 3.44. The third-order valence-corrected chi connectivity index (χ3v) is 1.62. The molecular formula is C7H5BrN2O4. The van der Waals surface area contributed by atoms with Crippen LogP contribution in [0.25, 0.3) is 0 Å². The molecule has 0 radical (unpaired) electrons. The molecule has 0 fully saturated rings. The number of nitro benzene ring substituents is 1. The van der Waals surface area contributed by atoms with E-state index in [4.69, 9.17) is 0 Å². The van der Waals surface area contributed by atoms with Crippen LogP contribution in [-0.4, -0.2) is 14.8 Å². The second-order valence-corrected chi connectivity index (χ2v) is 3.08. The molecule has 74 valence electrons. The van der Waals surface area contributed by atoms with Gasteiger partial charge in [-0.1, -0.05) is 0 Å². The zero-order chi connectivity index (χ0) is 10.7. The molecule has 6 nitrogen and oxygen atoms in total. The van der Waals surface area contributed by atoms with Gasteiger partial charge in [-0.05, 0) is 6.07 Å². The first-order valence-corrected chi connectivity index (χ1v) is 4.24. The maximum absolute atomic E-state index is 10.6. The molecule has 0 aromatic heterocycles. The second-order valence-electron chi connectivity index (χ2n) is 2.36. The number of halogens is 1. The van der Waals surface area contributed by atoms with Crippen LogP contribution in [0.4, 0.5) is 16.2 Å². The summed E-state index contributed by atoms with van der Waals surface area (Å²) in [6.07, 6.45) is 0. The van der Waals surface area contributed by atoms with Gasteiger partial charge in [0.15, 0.2) is 0 Å². The number of carbonyl (C=O) groups excluding carboxylic acids is 1. The highest BCUT2D eigenvalue weighted by Gasteiger charge is 2.10. The van der Waals surface area contributed by atoms with E-state index in [1.54, 1.807) is 0 Å². The van der Waals surface area contributed by atoms with E-state index in [9.17, 15) is 20.0 Å². The fourth-order valence-corrected chi connectivity index (χ4v) is 1.06. The van der Waals surface area contributed by atoms with E-state index in [0.29, 0.717) is 0 Å². The first-order chi connectivity index (χ1) is 6.50. The molecule has 2 N–H and O–H groups in total. The number of hydrogen-bond donors (Lipinski definition) is 2. The molecule has 0 aliphatic rings. The Morgan fingerprint density at radius 3 is 2.71 bits per heavy atom. The van der Waals surface area contributed by atoms with E-state index < -0.39 is 9.74 Å². The van der Waals surface area contributed by atoms with Gasteiger partial charge in [0.1, 0.15) is 5.75 Å². The highest BCUT2D eigenvalue weighted by molar-refractivity contribution is 9.18. The third kappa shape index (κ3) is 2.43. The van der Waals surface area contributed by atoms with E-state index in [-0.39, 0.29) is 17.1 Å². The Balaban J connectivity index is 3.08. The van der Waals surface area contributed by atoms with Crippen LogP contribution in [0.3, 0.4) is 0 Å². The quantitative estimate of drug-likeness (QED) is 0.280. The van der Waals surface area contributed by atoms with Gasteiger partial charge in [-0.15, -0.1) is 0 Å². The summed E-state index contributed by atoms with van der Waals surface area (Å²) in [7, 11) is 0. The number of hydrogen-bond acceptors (Lipinski definition) is 4. The average molecular weight is 261 g/mol. The van der Waals surface area contributed by atoms with Gasteiger partial charge in [-0.25, -0.2) is 0 Å². The number of anilines is 1. The fraction of sp³-hybridized carbons (Fsp3) is 0. The largest absolute Gasteiger partial charge is 0.506 e. The summed E-state index contributed by atoms with van der Waals surface area (Å²) < 4.78 is 0. The van der Waals surface area contributed by atoms with Crippen molar-refractivity contribution in [1.82, 2.24) is 0 Å². The van der Waals surface area contributed by atoms with Gasteiger partial charge in [0.2, 0.25) is 0 Å². The van der Waals surface area contributed by atoms with Gasteiger partial charge in [0.05, 0.1) is 10.6 Å². The van der Waals surface area contributed by atoms with Crippen molar-refractivity contribution in [3.63, 3.8) is 0 Å². The zero-order valence-electron chi connectivity index (χ0n) is 6.73. The van der Waals surface area contributed by atoms with Crippen LogP contribution in [0.15, 0.2) is 18.2 Å². The molecule has 1 aromatic carbocycles. The highest BCUT2D eigenvalue weighted by Crippen LogP contribution is 2.27. The summed E-state index contributed by atoms with van der Waals surface area (Å²) in [5.74, 6) is -0.233. The topological polar surface area (TPSA) is 92.5 Å². The average Bonchev–Trinajstić information content (AvgIpc) is 2.07. The van der Waals surface area contributed by atoms with Gasteiger partial charge in [-0.2, -0.15) is 0 Å². The van der Waals surface area contributed by atoms with Gasteiger partial charge in [-0.3, -0.25) is 14.9 Å². The number of nitro groups is 1. The van der Waals surface area contributed by atoms with Crippen LogP contribution in [0.5, 0.6) is 5.75 Å². The number of nitrogens with one attached hydrogen (secondary N) is 1. The predicted octanol–water partition coefficient (Wildman–Crippen LogP) is 2.23. The maximum atomic E-state index is 10.6. The van der Waals surface area contributed by atoms with Crippen molar-refractivity contribution in [1.29, 1.82) is 0 Å². The lowest BCUT2D eigenvalue weighted by atomic mass is 10.2. The summed E-state index contributed by atoms with van der Waals surface area (Å²) >= 11 is 2.58. The number of phenols is 1.